The number of ether oxygens (including phenoxy) is 1. The van der Waals surface area contributed by atoms with E-state index in [2.05, 4.69) is 5.32 Å². The standard InChI is InChI=1S/C17H24N2O4S/c1-10-7-12(3)13(8-11(10)2)15(20)9-23-16(21)14(5-6-24-4)19-17(18)22/h7-8,14H,5-6,9H2,1-4H3,(H3,18,19,22)/t14-/m0/s1. The first-order valence-electron chi connectivity index (χ1n) is 7.58. The number of carbonyl (C=O) groups excluding carboxylic acids is 3. The molecule has 2 amide bonds. The Morgan fingerprint density at radius 2 is 1.79 bits per heavy atom. The molecule has 1 rings (SSSR count). The van der Waals surface area contributed by atoms with Crippen molar-refractivity contribution in [3.05, 3.63) is 34.4 Å². The highest BCUT2D eigenvalue weighted by Gasteiger charge is 2.22. The number of nitrogens with two attached hydrogens (primary N) is 1. The molecule has 24 heavy (non-hydrogen) atoms. The molecule has 7 heteroatoms. The van der Waals surface area contributed by atoms with Gasteiger partial charge in [0.25, 0.3) is 0 Å². The number of nitrogens with one attached hydrogen (secondary N) is 1. The van der Waals surface area contributed by atoms with Crippen LogP contribution in [0, 0.1) is 20.8 Å². The molecule has 3 N–H and O–H groups in total. The zero-order chi connectivity index (χ0) is 18.3. The van der Waals surface area contributed by atoms with Gasteiger partial charge in [0.15, 0.2) is 6.61 Å². The first-order chi connectivity index (χ1) is 11.3. The summed E-state index contributed by atoms with van der Waals surface area (Å²) in [7, 11) is 0. The molecular weight excluding hydrogens is 328 g/mol. The topological polar surface area (TPSA) is 98.5 Å². The van der Waals surface area contributed by atoms with Gasteiger partial charge in [-0.2, -0.15) is 11.8 Å². The van der Waals surface area contributed by atoms with E-state index in [0.717, 1.165) is 16.7 Å². The van der Waals surface area contributed by atoms with Crippen molar-refractivity contribution >= 4 is 29.5 Å². The van der Waals surface area contributed by atoms with E-state index in [-0.39, 0.29) is 12.4 Å². The van der Waals surface area contributed by atoms with E-state index in [4.69, 9.17) is 10.5 Å². The van der Waals surface area contributed by atoms with Crippen LogP contribution in [-0.2, 0) is 9.53 Å². The minimum Gasteiger partial charge on any atom is -0.456 e. The number of esters is 1. The molecule has 0 saturated carbocycles. The fraction of sp³-hybridized carbons (Fsp3) is 0.471. The molecule has 0 bridgehead atoms. The lowest BCUT2D eigenvalue weighted by Gasteiger charge is -2.16. The van der Waals surface area contributed by atoms with Crippen LogP contribution in [0.2, 0.25) is 0 Å². The molecular formula is C17H24N2O4S. The van der Waals surface area contributed by atoms with Crippen molar-refractivity contribution in [2.45, 2.75) is 33.2 Å². The van der Waals surface area contributed by atoms with E-state index in [1.165, 1.54) is 11.8 Å². The second-order valence-corrected chi connectivity index (χ2v) is 6.61. The highest BCUT2D eigenvalue weighted by atomic mass is 32.2. The van der Waals surface area contributed by atoms with Gasteiger partial charge in [0.1, 0.15) is 6.04 Å². The van der Waals surface area contributed by atoms with E-state index in [0.29, 0.717) is 17.7 Å². The van der Waals surface area contributed by atoms with Crippen LogP contribution in [0.25, 0.3) is 0 Å². The maximum atomic E-state index is 12.3. The number of thioether (sulfide) groups is 1. The normalized spacial score (nSPS) is 11.7. The molecule has 1 atom stereocenters. The summed E-state index contributed by atoms with van der Waals surface area (Å²) in [5.74, 6) is -0.270. The van der Waals surface area contributed by atoms with Crippen LogP contribution in [0.4, 0.5) is 4.79 Å². The van der Waals surface area contributed by atoms with Crippen LogP contribution >= 0.6 is 11.8 Å². The highest BCUT2D eigenvalue weighted by molar-refractivity contribution is 7.98. The lowest BCUT2D eigenvalue weighted by atomic mass is 9.98. The van der Waals surface area contributed by atoms with Crippen molar-refractivity contribution in [1.29, 1.82) is 0 Å². The fourth-order valence-electron chi connectivity index (χ4n) is 2.23. The van der Waals surface area contributed by atoms with Crippen molar-refractivity contribution in [3.63, 3.8) is 0 Å². The predicted octanol–water partition coefficient (Wildman–Crippen LogP) is 2.13. The molecule has 1 aromatic carbocycles. The largest absolute Gasteiger partial charge is 0.456 e. The molecule has 1 aromatic rings. The fourth-order valence-corrected chi connectivity index (χ4v) is 2.70. The Balaban J connectivity index is 2.72. The second kappa shape index (κ2) is 9.32. The van der Waals surface area contributed by atoms with Gasteiger partial charge in [-0.3, -0.25) is 4.79 Å². The van der Waals surface area contributed by atoms with Crippen molar-refractivity contribution in [1.82, 2.24) is 5.32 Å². The summed E-state index contributed by atoms with van der Waals surface area (Å²) >= 11 is 1.53. The van der Waals surface area contributed by atoms with E-state index < -0.39 is 18.0 Å². The van der Waals surface area contributed by atoms with Crippen molar-refractivity contribution in [3.8, 4) is 0 Å². The zero-order valence-electron chi connectivity index (χ0n) is 14.5. The van der Waals surface area contributed by atoms with Gasteiger partial charge in [0.2, 0.25) is 5.78 Å². The van der Waals surface area contributed by atoms with Crippen LogP contribution in [0.5, 0.6) is 0 Å². The lowest BCUT2D eigenvalue weighted by molar-refractivity contribution is -0.144. The smallest absolute Gasteiger partial charge is 0.329 e. The number of hydrogen-bond donors (Lipinski definition) is 2. The third-order valence-electron chi connectivity index (χ3n) is 3.70. The maximum absolute atomic E-state index is 12.3. The summed E-state index contributed by atoms with van der Waals surface area (Å²) in [6.45, 7) is 5.38. The Kier molecular flexibility index (Phi) is 7.78. The van der Waals surface area contributed by atoms with E-state index in [9.17, 15) is 14.4 Å². The molecule has 0 radical (unpaired) electrons. The molecule has 0 aromatic heterocycles. The van der Waals surface area contributed by atoms with Gasteiger partial charge < -0.3 is 15.8 Å². The van der Waals surface area contributed by atoms with Gasteiger partial charge in [0.05, 0.1) is 0 Å². The Morgan fingerprint density at radius 1 is 1.17 bits per heavy atom. The first kappa shape index (κ1) is 20.0. The van der Waals surface area contributed by atoms with E-state index in [1.807, 2.05) is 33.1 Å². The van der Waals surface area contributed by atoms with Crippen molar-refractivity contribution < 1.29 is 19.1 Å². The number of Topliss-reactive ketones (excluding diaryl/α,β-unsaturated/α-hetero) is 1. The van der Waals surface area contributed by atoms with Crippen LogP contribution in [-0.4, -0.2) is 42.4 Å². The highest BCUT2D eigenvalue weighted by Crippen LogP contribution is 2.16. The zero-order valence-corrected chi connectivity index (χ0v) is 15.3. The summed E-state index contributed by atoms with van der Waals surface area (Å²) in [5, 5.41) is 2.35. The number of rotatable bonds is 8. The van der Waals surface area contributed by atoms with Crippen molar-refractivity contribution in [2.24, 2.45) is 5.73 Å². The molecule has 0 unspecified atom stereocenters. The molecule has 0 aliphatic rings. The van der Waals surface area contributed by atoms with Gasteiger partial charge in [0, 0.05) is 5.56 Å². The van der Waals surface area contributed by atoms with E-state index in [1.54, 1.807) is 6.07 Å². The van der Waals surface area contributed by atoms with Gasteiger partial charge >= 0.3 is 12.0 Å². The monoisotopic (exact) mass is 352 g/mol. The minimum atomic E-state index is -0.844. The van der Waals surface area contributed by atoms with Crippen LogP contribution < -0.4 is 11.1 Å². The Hall–Kier alpha value is -2.02. The second-order valence-electron chi connectivity index (χ2n) is 5.62. The number of urea groups is 1. The predicted molar refractivity (Wildman–Crippen MR) is 95.4 cm³/mol. The summed E-state index contributed by atoms with van der Waals surface area (Å²) < 4.78 is 5.08. The van der Waals surface area contributed by atoms with Crippen LogP contribution in [0.1, 0.15) is 33.5 Å². The van der Waals surface area contributed by atoms with Crippen LogP contribution in [0.3, 0.4) is 0 Å². The van der Waals surface area contributed by atoms with E-state index >= 15 is 0 Å². The number of benzene rings is 1. The molecule has 6 nitrogen and oxygen atoms in total. The number of ketones is 1. The average Bonchev–Trinajstić information content (AvgIpc) is 2.51. The average molecular weight is 352 g/mol. The van der Waals surface area contributed by atoms with Gasteiger partial charge in [-0.25, -0.2) is 9.59 Å². The Bertz CT molecular complexity index is 631. The Labute approximate surface area is 146 Å². The maximum Gasteiger partial charge on any atom is 0.329 e. The lowest BCUT2D eigenvalue weighted by Crippen LogP contribution is -2.45. The van der Waals surface area contributed by atoms with Gasteiger partial charge in [-0.15, -0.1) is 0 Å². The van der Waals surface area contributed by atoms with Crippen LogP contribution in [0.15, 0.2) is 12.1 Å². The van der Waals surface area contributed by atoms with Gasteiger partial charge in [-0.1, -0.05) is 6.07 Å². The third-order valence-corrected chi connectivity index (χ3v) is 4.34. The number of carbonyl (C=O) groups is 3. The third kappa shape index (κ3) is 5.88. The molecule has 0 aliphatic carbocycles. The number of aryl methyl sites for hydroxylation is 3. The number of hydrogen-bond acceptors (Lipinski definition) is 5. The first-order valence-corrected chi connectivity index (χ1v) is 8.98. The molecule has 0 fully saturated rings. The molecule has 132 valence electrons. The SMILES string of the molecule is CSCC[C@H](NC(N)=O)C(=O)OCC(=O)c1cc(C)c(C)cc1C. The quantitative estimate of drug-likeness (QED) is 0.552. The molecule has 0 heterocycles. The molecule has 0 spiro atoms. The summed E-state index contributed by atoms with van der Waals surface area (Å²) in [5.41, 5.74) is 8.55. The number of primary amides is 1. The number of amides is 2. The minimum absolute atomic E-state index is 0.272. The Morgan fingerprint density at radius 3 is 2.38 bits per heavy atom. The van der Waals surface area contributed by atoms with Crippen molar-refractivity contribution in [2.75, 3.05) is 18.6 Å². The molecule has 0 saturated heterocycles. The summed E-state index contributed by atoms with van der Waals surface area (Å²) in [4.78, 5) is 35.4. The molecule has 0 aliphatic heterocycles. The summed E-state index contributed by atoms with van der Waals surface area (Å²) in [6.07, 6.45) is 2.28. The van der Waals surface area contributed by atoms with Gasteiger partial charge in [-0.05, 0) is 62.0 Å². The summed E-state index contributed by atoms with van der Waals surface area (Å²) in [6, 6.07) is 2.09.